The quantitative estimate of drug-likeness (QED) is 0.386. The number of Topliss-reactive ketones (excluding diaryl/α,β-unsaturated/α-hetero) is 1. The number of benzene rings is 3. The van der Waals surface area contributed by atoms with E-state index in [4.69, 9.17) is 16.3 Å². The van der Waals surface area contributed by atoms with Crippen molar-refractivity contribution in [1.82, 2.24) is 0 Å². The van der Waals surface area contributed by atoms with Gasteiger partial charge in [0.05, 0.1) is 5.60 Å². The Morgan fingerprint density at radius 1 is 1.09 bits per heavy atom. The van der Waals surface area contributed by atoms with E-state index in [0.717, 1.165) is 38.6 Å². The van der Waals surface area contributed by atoms with E-state index in [0.29, 0.717) is 10.9 Å². The van der Waals surface area contributed by atoms with Crippen LogP contribution in [0.25, 0.3) is 21.9 Å². The first-order valence-corrected chi connectivity index (χ1v) is 11.5. The summed E-state index contributed by atoms with van der Waals surface area (Å²) in [5.41, 5.74) is 4.49. The van der Waals surface area contributed by atoms with Crippen LogP contribution in [0.3, 0.4) is 0 Å². The van der Waals surface area contributed by atoms with E-state index >= 15 is 0 Å². The molecule has 3 heteroatoms. The van der Waals surface area contributed by atoms with Crippen molar-refractivity contribution in [3.05, 3.63) is 70.2 Å². The summed E-state index contributed by atoms with van der Waals surface area (Å²) < 4.78 is 6.31. The zero-order chi connectivity index (χ0) is 23.0. The van der Waals surface area contributed by atoms with Gasteiger partial charge in [-0.1, -0.05) is 47.7 Å². The molecular formula is C29H29ClO2. The van der Waals surface area contributed by atoms with Gasteiger partial charge in [-0.2, -0.15) is 0 Å². The zero-order valence-electron chi connectivity index (χ0n) is 19.4. The van der Waals surface area contributed by atoms with Gasteiger partial charge < -0.3 is 4.74 Å². The van der Waals surface area contributed by atoms with Crippen LogP contribution in [0.5, 0.6) is 0 Å². The lowest BCUT2D eigenvalue weighted by Crippen LogP contribution is -2.27. The number of fused-ring (bicyclic) bond motifs is 1. The molecule has 0 bridgehead atoms. The molecule has 32 heavy (non-hydrogen) atoms. The molecule has 1 atom stereocenters. The highest BCUT2D eigenvalue weighted by Crippen LogP contribution is 2.41. The number of halogens is 1. The predicted molar refractivity (Wildman–Crippen MR) is 133 cm³/mol. The Hall–Kier alpha value is -2.60. The van der Waals surface area contributed by atoms with Gasteiger partial charge in [0.2, 0.25) is 0 Å². The molecule has 1 fully saturated rings. The molecule has 1 unspecified atom stereocenters. The number of aryl methyl sites for hydroxylation is 1. The van der Waals surface area contributed by atoms with Crippen LogP contribution in [0.15, 0.2) is 48.5 Å². The van der Waals surface area contributed by atoms with Crippen LogP contribution in [-0.2, 0) is 9.53 Å². The lowest BCUT2D eigenvalue weighted by Gasteiger charge is -2.29. The monoisotopic (exact) mass is 444 g/mol. The maximum Gasteiger partial charge on any atom is 0.163 e. The largest absolute Gasteiger partial charge is 0.360 e. The molecule has 0 spiro atoms. The van der Waals surface area contributed by atoms with Crippen molar-refractivity contribution >= 4 is 28.2 Å². The van der Waals surface area contributed by atoms with Crippen LogP contribution in [0.4, 0.5) is 0 Å². The van der Waals surface area contributed by atoms with E-state index in [9.17, 15) is 4.79 Å². The molecule has 3 aromatic carbocycles. The zero-order valence-corrected chi connectivity index (χ0v) is 20.1. The fraction of sp³-hybridized carbons (Fsp3) is 0.345. The molecule has 0 saturated heterocycles. The Balaban J connectivity index is 2.01. The molecule has 0 N–H and O–H groups in total. The maximum absolute atomic E-state index is 12.8. The second-order valence-electron chi connectivity index (χ2n) is 9.69. The minimum absolute atomic E-state index is 0.0118. The Labute approximate surface area is 195 Å². The van der Waals surface area contributed by atoms with Crippen molar-refractivity contribution in [3.63, 3.8) is 0 Å². The second-order valence-corrected chi connectivity index (χ2v) is 10.1. The van der Waals surface area contributed by atoms with Gasteiger partial charge in [0.25, 0.3) is 0 Å². The topological polar surface area (TPSA) is 26.3 Å². The molecule has 0 heterocycles. The molecule has 1 aliphatic rings. The van der Waals surface area contributed by atoms with Gasteiger partial charge in [-0.15, -0.1) is 0 Å². The SMILES string of the molecule is CC(=O)C(OC(C)(C)C)c1c(C)cc2ccc(C#CC3CC3)cc2c1-c1ccc(Cl)cc1. The number of hydrogen-bond acceptors (Lipinski definition) is 2. The highest BCUT2D eigenvalue weighted by molar-refractivity contribution is 6.30. The summed E-state index contributed by atoms with van der Waals surface area (Å²) in [7, 11) is 0. The van der Waals surface area contributed by atoms with Crippen LogP contribution in [0.1, 0.15) is 63.3 Å². The molecule has 3 aromatic rings. The van der Waals surface area contributed by atoms with E-state index in [1.807, 2.05) is 45.0 Å². The van der Waals surface area contributed by atoms with Crippen molar-refractivity contribution < 1.29 is 9.53 Å². The summed E-state index contributed by atoms with van der Waals surface area (Å²) in [6.45, 7) is 9.59. The smallest absolute Gasteiger partial charge is 0.163 e. The second kappa shape index (κ2) is 8.74. The lowest BCUT2D eigenvalue weighted by molar-refractivity contribution is -0.138. The molecule has 1 saturated carbocycles. The number of hydrogen-bond donors (Lipinski definition) is 0. The van der Waals surface area contributed by atoms with Gasteiger partial charge in [-0.25, -0.2) is 0 Å². The normalized spacial score (nSPS) is 14.7. The fourth-order valence-electron chi connectivity index (χ4n) is 4.01. The minimum Gasteiger partial charge on any atom is -0.360 e. The number of ketones is 1. The Morgan fingerprint density at radius 3 is 2.38 bits per heavy atom. The maximum atomic E-state index is 12.8. The van der Waals surface area contributed by atoms with Crippen LogP contribution < -0.4 is 0 Å². The van der Waals surface area contributed by atoms with Crippen molar-refractivity contribution in [3.8, 4) is 23.0 Å². The molecule has 2 nitrogen and oxygen atoms in total. The Kier molecular flexibility index (Phi) is 6.17. The van der Waals surface area contributed by atoms with Crippen molar-refractivity contribution in [2.45, 2.75) is 59.2 Å². The third-order valence-corrected chi connectivity index (χ3v) is 5.87. The van der Waals surface area contributed by atoms with E-state index < -0.39 is 11.7 Å². The number of ether oxygens (including phenoxy) is 1. The first kappa shape index (κ1) is 22.6. The molecule has 0 amide bonds. The van der Waals surface area contributed by atoms with Crippen LogP contribution >= 0.6 is 11.6 Å². The number of carbonyl (C=O) groups excluding carboxylic acids is 1. The highest BCUT2D eigenvalue weighted by atomic mass is 35.5. The summed E-state index contributed by atoms with van der Waals surface area (Å²) in [4.78, 5) is 12.8. The third kappa shape index (κ3) is 5.07. The molecule has 0 radical (unpaired) electrons. The first-order chi connectivity index (χ1) is 15.1. The Bertz CT molecular complexity index is 1230. The van der Waals surface area contributed by atoms with Crippen LogP contribution in [-0.4, -0.2) is 11.4 Å². The molecule has 0 aliphatic heterocycles. The minimum atomic E-state index is -0.661. The average molecular weight is 445 g/mol. The lowest BCUT2D eigenvalue weighted by atomic mass is 9.85. The Morgan fingerprint density at radius 2 is 1.78 bits per heavy atom. The molecular weight excluding hydrogens is 416 g/mol. The number of rotatable bonds is 4. The van der Waals surface area contributed by atoms with Crippen molar-refractivity contribution in [2.24, 2.45) is 5.92 Å². The fourth-order valence-corrected chi connectivity index (χ4v) is 4.13. The van der Waals surface area contributed by atoms with Gasteiger partial charge in [-0.3, -0.25) is 4.79 Å². The first-order valence-electron chi connectivity index (χ1n) is 11.2. The number of carbonyl (C=O) groups is 1. The molecule has 164 valence electrons. The van der Waals surface area contributed by atoms with Crippen molar-refractivity contribution in [2.75, 3.05) is 0 Å². The van der Waals surface area contributed by atoms with Gasteiger partial charge in [0.15, 0.2) is 5.78 Å². The molecule has 0 aromatic heterocycles. The predicted octanol–water partition coefficient (Wildman–Crippen LogP) is 7.68. The van der Waals surface area contributed by atoms with E-state index in [1.54, 1.807) is 6.92 Å². The summed E-state index contributed by atoms with van der Waals surface area (Å²) in [6, 6.07) is 16.3. The van der Waals surface area contributed by atoms with Gasteiger partial charge in [-0.05, 0) is 105 Å². The van der Waals surface area contributed by atoms with Crippen molar-refractivity contribution in [1.29, 1.82) is 0 Å². The van der Waals surface area contributed by atoms with E-state index in [1.165, 1.54) is 12.8 Å². The molecule has 4 rings (SSSR count). The average Bonchev–Trinajstić information content (AvgIpc) is 3.54. The molecule has 1 aliphatic carbocycles. The van der Waals surface area contributed by atoms with Crippen LogP contribution in [0.2, 0.25) is 5.02 Å². The summed E-state index contributed by atoms with van der Waals surface area (Å²) in [6.07, 6.45) is 1.74. The van der Waals surface area contributed by atoms with Gasteiger partial charge in [0, 0.05) is 16.5 Å². The van der Waals surface area contributed by atoms with Gasteiger partial charge in [0.1, 0.15) is 6.10 Å². The van der Waals surface area contributed by atoms with E-state index in [-0.39, 0.29) is 5.78 Å². The third-order valence-electron chi connectivity index (χ3n) is 5.62. The van der Waals surface area contributed by atoms with E-state index in [2.05, 4.69) is 43.0 Å². The standard InChI is InChI=1S/C29H29ClO2/c1-18-16-23-11-10-21(9-8-20-6-7-20)17-25(23)27(22-12-14-24(30)15-13-22)26(18)28(19(2)31)32-29(3,4)5/h10-17,20,28H,6-7H2,1-5H3. The van der Waals surface area contributed by atoms with Crippen LogP contribution in [0, 0.1) is 24.7 Å². The summed E-state index contributed by atoms with van der Waals surface area (Å²) in [5.74, 6) is 7.22. The highest BCUT2D eigenvalue weighted by Gasteiger charge is 2.29. The summed E-state index contributed by atoms with van der Waals surface area (Å²) >= 11 is 6.19. The summed E-state index contributed by atoms with van der Waals surface area (Å²) in [5, 5.41) is 2.86. The van der Waals surface area contributed by atoms with Gasteiger partial charge >= 0.3 is 0 Å².